The Kier molecular flexibility index (Phi) is 3.54. The van der Waals surface area contributed by atoms with Gasteiger partial charge in [-0.3, -0.25) is 4.98 Å². The summed E-state index contributed by atoms with van der Waals surface area (Å²) in [6, 6.07) is 14.2. The summed E-state index contributed by atoms with van der Waals surface area (Å²) < 4.78 is 1.18. The van der Waals surface area contributed by atoms with Gasteiger partial charge in [0.25, 0.3) is 0 Å². The summed E-state index contributed by atoms with van der Waals surface area (Å²) >= 11 is 3.31. The van der Waals surface area contributed by atoms with E-state index < -0.39 is 0 Å². The third-order valence-electron chi connectivity index (χ3n) is 3.26. The van der Waals surface area contributed by atoms with Crippen LogP contribution in [0.15, 0.2) is 54.0 Å². The molecule has 0 saturated carbocycles. The number of benzene rings is 1. The highest BCUT2D eigenvalue weighted by molar-refractivity contribution is 7.17. The number of pyridine rings is 1. The van der Waals surface area contributed by atoms with Gasteiger partial charge in [-0.25, -0.2) is 0 Å². The van der Waals surface area contributed by atoms with Gasteiger partial charge >= 0.3 is 0 Å². The van der Waals surface area contributed by atoms with Crippen LogP contribution in [-0.2, 0) is 6.54 Å². The van der Waals surface area contributed by atoms with Crippen molar-refractivity contribution in [2.75, 3.05) is 5.32 Å². The molecule has 0 fully saturated rings. The molecule has 0 amide bonds. The van der Waals surface area contributed by atoms with Crippen LogP contribution in [0.2, 0.25) is 0 Å². The fraction of sp³-hybridized carbons (Fsp3) is 0.0625. The van der Waals surface area contributed by atoms with E-state index in [9.17, 15) is 0 Å². The first-order chi connectivity index (χ1) is 10.9. The Balaban J connectivity index is 1.53. The Hall–Kier alpha value is -2.31. The van der Waals surface area contributed by atoms with Gasteiger partial charge in [-0.2, -0.15) is 0 Å². The smallest absolute Gasteiger partial charge is 0.147 e. The zero-order chi connectivity index (χ0) is 14.8. The minimum Gasteiger partial charge on any atom is -0.377 e. The first-order valence-corrected chi connectivity index (χ1v) is 8.54. The van der Waals surface area contributed by atoms with E-state index in [2.05, 4.69) is 38.0 Å². The van der Waals surface area contributed by atoms with Crippen molar-refractivity contribution in [1.82, 2.24) is 15.2 Å². The van der Waals surface area contributed by atoms with Crippen molar-refractivity contribution in [3.8, 4) is 10.6 Å². The molecule has 0 atom stereocenters. The molecule has 4 aromatic rings. The fourth-order valence-electron chi connectivity index (χ4n) is 2.21. The minimum atomic E-state index is 0.668. The van der Waals surface area contributed by atoms with E-state index in [0.717, 1.165) is 26.8 Å². The number of thiophene rings is 1. The van der Waals surface area contributed by atoms with Crippen LogP contribution in [0.4, 0.5) is 5.69 Å². The van der Waals surface area contributed by atoms with Crippen molar-refractivity contribution in [3.63, 3.8) is 0 Å². The van der Waals surface area contributed by atoms with E-state index in [4.69, 9.17) is 0 Å². The highest BCUT2D eigenvalue weighted by atomic mass is 32.1. The van der Waals surface area contributed by atoms with Crippen LogP contribution >= 0.6 is 22.7 Å². The van der Waals surface area contributed by atoms with E-state index in [-0.39, 0.29) is 0 Å². The van der Waals surface area contributed by atoms with E-state index in [1.54, 1.807) is 22.7 Å². The Morgan fingerprint density at radius 1 is 1.00 bits per heavy atom. The quantitative estimate of drug-likeness (QED) is 0.603. The number of hydrogen-bond donors (Lipinski definition) is 1. The Morgan fingerprint density at radius 2 is 1.91 bits per heavy atom. The molecule has 3 heterocycles. The van der Waals surface area contributed by atoms with Gasteiger partial charge in [0.05, 0.1) is 22.4 Å². The minimum absolute atomic E-state index is 0.668. The predicted octanol–water partition coefficient (Wildman–Crippen LogP) is 4.43. The van der Waals surface area contributed by atoms with Crippen LogP contribution in [0.3, 0.4) is 0 Å². The lowest BCUT2D eigenvalue weighted by Gasteiger charge is -2.04. The molecule has 0 spiro atoms. The standard InChI is InChI=1S/C16H12N4S2/c1-2-4-11(5-3-1)16-20-19-14(22-16)10-18-12-6-8-17-13-7-9-21-15(12)13/h1-9H,10H2,(H,17,18). The molecule has 0 bridgehead atoms. The van der Waals surface area contributed by atoms with E-state index in [0.29, 0.717) is 6.54 Å². The summed E-state index contributed by atoms with van der Waals surface area (Å²) in [7, 11) is 0. The van der Waals surface area contributed by atoms with E-state index >= 15 is 0 Å². The molecule has 4 nitrogen and oxygen atoms in total. The number of fused-ring (bicyclic) bond motifs is 1. The number of rotatable bonds is 4. The molecule has 22 heavy (non-hydrogen) atoms. The summed E-state index contributed by atoms with van der Waals surface area (Å²) in [6.07, 6.45) is 1.83. The van der Waals surface area contributed by atoms with Gasteiger partial charge in [-0.15, -0.1) is 21.5 Å². The van der Waals surface area contributed by atoms with Crippen molar-refractivity contribution in [3.05, 3.63) is 59.0 Å². The Labute approximate surface area is 135 Å². The highest BCUT2D eigenvalue weighted by Gasteiger charge is 2.07. The lowest BCUT2D eigenvalue weighted by molar-refractivity contribution is 0.993. The largest absolute Gasteiger partial charge is 0.377 e. The zero-order valence-electron chi connectivity index (χ0n) is 11.6. The normalized spacial score (nSPS) is 10.9. The van der Waals surface area contributed by atoms with Crippen molar-refractivity contribution in [1.29, 1.82) is 0 Å². The molecule has 0 radical (unpaired) electrons. The van der Waals surface area contributed by atoms with Crippen molar-refractivity contribution in [2.45, 2.75) is 6.54 Å². The van der Waals surface area contributed by atoms with E-state index in [1.165, 1.54) is 4.70 Å². The van der Waals surface area contributed by atoms with Gasteiger partial charge in [0.15, 0.2) is 0 Å². The SMILES string of the molecule is c1ccc(-c2nnc(CNc3ccnc4ccsc34)s2)cc1. The highest BCUT2D eigenvalue weighted by Crippen LogP contribution is 2.28. The molecular formula is C16H12N4S2. The molecule has 0 aliphatic rings. The van der Waals surface area contributed by atoms with Crippen molar-refractivity contribution < 1.29 is 0 Å². The third-order valence-corrected chi connectivity index (χ3v) is 5.17. The van der Waals surface area contributed by atoms with E-state index in [1.807, 2.05) is 36.5 Å². The zero-order valence-corrected chi connectivity index (χ0v) is 13.2. The maximum Gasteiger partial charge on any atom is 0.147 e. The number of anilines is 1. The van der Waals surface area contributed by atoms with Crippen LogP contribution < -0.4 is 5.32 Å². The van der Waals surface area contributed by atoms with Crippen LogP contribution in [0.5, 0.6) is 0 Å². The molecule has 3 aromatic heterocycles. The van der Waals surface area contributed by atoms with Gasteiger partial charge < -0.3 is 5.32 Å². The molecule has 0 aliphatic heterocycles. The maximum absolute atomic E-state index is 4.35. The summed E-state index contributed by atoms with van der Waals surface area (Å²) in [5, 5.41) is 16.0. The number of aromatic nitrogens is 3. The average Bonchev–Trinajstić information content (AvgIpc) is 3.23. The maximum atomic E-state index is 4.35. The first kappa shape index (κ1) is 13.4. The molecule has 6 heteroatoms. The van der Waals surface area contributed by atoms with Crippen molar-refractivity contribution >= 4 is 38.6 Å². The lowest BCUT2D eigenvalue weighted by atomic mass is 10.2. The summed E-state index contributed by atoms with van der Waals surface area (Å²) in [5.41, 5.74) is 3.23. The first-order valence-electron chi connectivity index (χ1n) is 6.84. The average molecular weight is 324 g/mol. The van der Waals surface area contributed by atoms with Gasteiger partial charge in [0.1, 0.15) is 10.0 Å². The van der Waals surface area contributed by atoms with Gasteiger partial charge in [0.2, 0.25) is 0 Å². The Bertz CT molecular complexity index is 899. The second-order valence-corrected chi connectivity index (χ2v) is 6.69. The predicted molar refractivity (Wildman–Crippen MR) is 92.3 cm³/mol. The molecule has 0 aliphatic carbocycles. The topological polar surface area (TPSA) is 50.7 Å². The monoisotopic (exact) mass is 324 g/mol. The molecule has 1 aromatic carbocycles. The molecule has 0 unspecified atom stereocenters. The third kappa shape index (κ3) is 2.58. The molecule has 1 N–H and O–H groups in total. The van der Waals surface area contributed by atoms with Gasteiger partial charge in [-0.05, 0) is 17.5 Å². The van der Waals surface area contributed by atoms with Crippen LogP contribution in [0.1, 0.15) is 5.01 Å². The molecule has 108 valence electrons. The molecule has 4 rings (SSSR count). The summed E-state index contributed by atoms with van der Waals surface area (Å²) in [6.45, 7) is 0.668. The number of hydrogen-bond acceptors (Lipinski definition) is 6. The van der Waals surface area contributed by atoms with Gasteiger partial charge in [0, 0.05) is 11.8 Å². The van der Waals surface area contributed by atoms with Crippen LogP contribution in [0.25, 0.3) is 20.8 Å². The van der Waals surface area contributed by atoms with Crippen LogP contribution in [0, 0.1) is 0 Å². The molecular weight excluding hydrogens is 312 g/mol. The second-order valence-electron chi connectivity index (χ2n) is 4.71. The second kappa shape index (κ2) is 5.82. The summed E-state index contributed by atoms with van der Waals surface area (Å²) in [4.78, 5) is 4.35. The Morgan fingerprint density at radius 3 is 2.82 bits per heavy atom. The lowest BCUT2D eigenvalue weighted by Crippen LogP contribution is -1.99. The number of nitrogens with one attached hydrogen (secondary N) is 1. The molecule has 0 saturated heterocycles. The van der Waals surface area contributed by atoms with Crippen LogP contribution in [-0.4, -0.2) is 15.2 Å². The fourth-order valence-corrected chi connectivity index (χ4v) is 3.83. The summed E-state index contributed by atoms with van der Waals surface area (Å²) in [5.74, 6) is 0. The van der Waals surface area contributed by atoms with Crippen molar-refractivity contribution in [2.24, 2.45) is 0 Å². The number of nitrogens with zero attached hydrogens (tertiary/aromatic N) is 3. The van der Waals surface area contributed by atoms with Gasteiger partial charge in [-0.1, -0.05) is 41.7 Å².